The number of morpholine rings is 1. The van der Waals surface area contributed by atoms with Crippen LogP contribution in [0.2, 0.25) is 0 Å². The predicted octanol–water partition coefficient (Wildman–Crippen LogP) is 3.50. The quantitative estimate of drug-likeness (QED) is 0.750. The van der Waals surface area contributed by atoms with E-state index in [-0.39, 0.29) is 11.1 Å². The van der Waals surface area contributed by atoms with Gasteiger partial charge in [0.25, 0.3) is 0 Å². The summed E-state index contributed by atoms with van der Waals surface area (Å²) in [7, 11) is 0. The highest BCUT2D eigenvalue weighted by Gasteiger charge is 2.48. The number of ether oxygens (including phenoxy) is 1. The van der Waals surface area contributed by atoms with Crippen LogP contribution in [-0.2, 0) is 4.74 Å². The first-order valence-corrected chi connectivity index (χ1v) is 7.03. The van der Waals surface area contributed by atoms with E-state index < -0.39 is 0 Å². The van der Waals surface area contributed by atoms with Crippen molar-refractivity contribution in [3.8, 4) is 0 Å². The number of hydrogen-bond donors (Lipinski definition) is 1. The summed E-state index contributed by atoms with van der Waals surface area (Å²) in [5.74, 6) is 0. The van der Waals surface area contributed by atoms with E-state index in [9.17, 15) is 0 Å². The zero-order chi connectivity index (χ0) is 12.1. The molecule has 1 rings (SSSR count). The third kappa shape index (κ3) is 2.60. The molecule has 0 aliphatic carbocycles. The zero-order valence-corrected chi connectivity index (χ0v) is 11.6. The minimum absolute atomic E-state index is 0.0337. The fourth-order valence-corrected chi connectivity index (χ4v) is 3.36. The van der Waals surface area contributed by atoms with E-state index in [1.165, 1.54) is 38.5 Å². The second-order valence-corrected chi connectivity index (χ2v) is 5.34. The monoisotopic (exact) mass is 227 g/mol. The summed E-state index contributed by atoms with van der Waals surface area (Å²) >= 11 is 0. The Morgan fingerprint density at radius 2 is 1.56 bits per heavy atom. The minimum atomic E-state index is 0.0337. The van der Waals surface area contributed by atoms with E-state index in [1.54, 1.807) is 0 Å². The van der Waals surface area contributed by atoms with Gasteiger partial charge in [0.1, 0.15) is 0 Å². The predicted molar refractivity (Wildman–Crippen MR) is 69.8 cm³/mol. The van der Waals surface area contributed by atoms with Gasteiger partial charge in [-0.1, -0.05) is 40.0 Å². The van der Waals surface area contributed by atoms with E-state index in [1.807, 2.05) is 0 Å². The van der Waals surface area contributed by atoms with Crippen molar-refractivity contribution in [2.75, 3.05) is 13.2 Å². The average molecular weight is 227 g/mol. The maximum absolute atomic E-state index is 6.16. The van der Waals surface area contributed by atoms with Gasteiger partial charge in [0, 0.05) is 12.1 Å². The first-order valence-electron chi connectivity index (χ1n) is 7.03. The Morgan fingerprint density at radius 3 is 2.06 bits per heavy atom. The summed E-state index contributed by atoms with van der Waals surface area (Å²) in [6, 6.07) is 0. The smallest absolute Gasteiger partial charge is 0.0835 e. The van der Waals surface area contributed by atoms with Gasteiger partial charge in [-0.3, -0.25) is 0 Å². The van der Waals surface area contributed by atoms with Gasteiger partial charge >= 0.3 is 0 Å². The van der Waals surface area contributed by atoms with Crippen LogP contribution < -0.4 is 5.32 Å². The van der Waals surface area contributed by atoms with Crippen LogP contribution in [0.1, 0.15) is 66.2 Å². The highest BCUT2D eigenvalue weighted by atomic mass is 16.5. The molecule has 1 atom stereocenters. The van der Waals surface area contributed by atoms with Crippen LogP contribution in [0.4, 0.5) is 0 Å². The standard InChI is InChI=1S/C14H29NO/c1-5-8-13(4)14(9-6-2,10-7-3)15-11-12-16-13/h15H,5-12H2,1-4H3. The highest BCUT2D eigenvalue weighted by molar-refractivity contribution is 5.05. The highest BCUT2D eigenvalue weighted by Crippen LogP contribution is 2.39. The maximum atomic E-state index is 6.16. The molecule has 2 heteroatoms. The molecule has 0 bridgehead atoms. The molecule has 2 nitrogen and oxygen atoms in total. The number of hydrogen-bond acceptors (Lipinski definition) is 2. The Morgan fingerprint density at radius 1 is 1.00 bits per heavy atom. The third-order valence-corrected chi connectivity index (χ3v) is 4.08. The summed E-state index contributed by atoms with van der Waals surface area (Å²) < 4.78 is 6.16. The molecule has 1 unspecified atom stereocenters. The van der Waals surface area contributed by atoms with Crippen molar-refractivity contribution in [1.29, 1.82) is 0 Å². The van der Waals surface area contributed by atoms with Gasteiger partial charge in [-0.2, -0.15) is 0 Å². The maximum Gasteiger partial charge on any atom is 0.0835 e. The van der Waals surface area contributed by atoms with Gasteiger partial charge in [-0.15, -0.1) is 0 Å². The van der Waals surface area contributed by atoms with E-state index in [4.69, 9.17) is 4.74 Å². The average Bonchev–Trinajstić information content (AvgIpc) is 2.24. The zero-order valence-electron chi connectivity index (χ0n) is 11.6. The molecule has 1 aliphatic heterocycles. The lowest BCUT2D eigenvalue weighted by Gasteiger charge is -2.53. The topological polar surface area (TPSA) is 21.3 Å². The first kappa shape index (κ1) is 14.0. The number of nitrogens with one attached hydrogen (secondary N) is 1. The Hall–Kier alpha value is -0.0800. The molecule has 0 saturated carbocycles. The van der Waals surface area contributed by atoms with Crippen molar-refractivity contribution in [1.82, 2.24) is 5.32 Å². The van der Waals surface area contributed by atoms with Gasteiger partial charge in [-0.05, 0) is 26.2 Å². The molecule has 1 aliphatic rings. The van der Waals surface area contributed by atoms with Crippen LogP contribution in [0.15, 0.2) is 0 Å². The summed E-state index contributed by atoms with van der Waals surface area (Å²) in [5, 5.41) is 3.78. The van der Waals surface area contributed by atoms with Crippen molar-refractivity contribution in [2.24, 2.45) is 0 Å². The van der Waals surface area contributed by atoms with Crippen molar-refractivity contribution < 1.29 is 4.74 Å². The molecule has 0 amide bonds. The molecule has 0 aromatic heterocycles. The number of rotatable bonds is 6. The first-order chi connectivity index (χ1) is 7.64. The largest absolute Gasteiger partial charge is 0.372 e. The van der Waals surface area contributed by atoms with E-state index >= 15 is 0 Å². The van der Waals surface area contributed by atoms with Crippen LogP contribution in [0.3, 0.4) is 0 Å². The summed E-state index contributed by atoms with van der Waals surface area (Å²) in [4.78, 5) is 0. The molecule has 16 heavy (non-hydrogen) atoms. The lowest BCUT2D eigenvalue weighted by atomic mass is 9.71. The molecule has 1 N–H and O–H groups in total. The van der Waals surface area contributed by atoms with Crippen LogP contribution in [0.5, 0.6) is 0 Å². The second-order valence-electron chi connectivity index (χ2n) is 5.34. The van der Waals surface area contributed by atoms with Gasteiger partial charge in [-0.25, -0.2) is 0 Å². The molecule has 0 spiro atoms. The molecule has 1 saturated heterocycles. The Labute approximate surface area is 101 Å². The molecule has 0 aromatic rings. The van der Waals surface area contributed by atoms with Crippen LogP contribution in [0.25, 0.3) is 0 Å². The van der Waals surface area contributed by atoms with Crippen molar-refractivity contribution in [3.63, 3.8) is 0 Å². The van der Waals surface area contributed by atoms with Crippen molar-refractivity contribution in [2.45, 2.75) is 77.4 Å². The van der Waals surface area contributed by atoms with Gasteiger partial charge in [0.05, 0.1) is 12.2 Å². The lowest BCUT2D eigenvalue weighted by Crippen LogP contribution is -2.66. The molecule has 96 valence electrons. The van der Waals surface area contributed by atoms with Crippen molar-refractivity contribution >= 4 is 0 Å². The molecular formula is C14H29NO. The van der Waals surface area contributed by atoms with Crippen LogP contribution in [-0.4, -0.2) is 24.3 Å². The molecule has 0 radical (unpaired) electrons. The van der Waals surface area contributed by atoms with Crippen LogP contribution in [0, 0.1) is 0 Å². The van der Waals surface area contributed by atoms with Gasteiger partial charge < -0.3 is 10.1 Å². The SMILES string of the molecule is CCCC1(CCC)NCCOC1(C)CCC. The summed E-state index contributed by atoms with van der Waals surface area (Å²) in [6.07, 6.45) is 7.30. The van der Waals surface area contributed by atoms with Crippen LogP contribution >= 0.6 is 0 Å². The van der Waals surface area contributed by atoms with Crippen molar-refractivity contribution in [3.05, 3.63) is 0 Å². The molecule has 1 fully saturated rings. The Bertz CT molecular complexity index is 189. The fraction of sp³-hybridized carbons (Fsp3) is 1.00. The summed E-state index contributed by atoms with van der Waals surface area (Å²) in [5.41, 5.74) is 0.247. The Balaban J connectivity index is 2.88. The molecule has 0 aromatic carbocycles. The van der Waals surface area contributed by atoms with E-state index in [2.05, 4.69) is 33.0 Å². The third-order valence-electron chi connectivity index (χ3n) is 4.08. The minimum Gasteiger partial charge on any atom is -0.372 e. The van der Waals surface area contributed by atoms with E-state index in [0.29, 0.717) is 0 Å². The Kier molecular flexibility index (Phi) is 5.26. The normalized spacial score (nSPS) is 29.2. The second kappa shape index (κ2) is 6.02. The molecule has 1 heterocycles. The van der Waals surface area contributed by atoms with Gasteiger partial charge in [0.15, 0.2) is 0 Å². The molecular weight excluding hydrogens is 198 g/mol. The lowest BCUT2D eigenvalue weighted by molar-refractivity contribution is -0.138. The summed E-state index contributed by atoms with van der Waals surface area (Å²) in [6.45, 7) is 11.0. The fourth-order valence-electron chi connectivity index (χ4n) is 3.36. The van der Waals surface area contributed by atoms with Gasteiger partial charge in [0.2, 0.25) is 0 Å². The van der Waals surface area contributed by atoms with E-state index in [0.717, 1.165) is 13.2 Å².